The predicted molar refractivity (Wildman–Crippen MR) is 62.7 cm³/mol. The molecule has 2 aromatic rings. The summed E-state index contributed by atoms with van der Waals surface area (Å²) in [6.45, 7) is 1.95. The Hall–Kier alpha value is -1.81. The predicted octanol–water partition coefficient (Wildman–Crippen LogP) is 2.81. The van der Waals surface area contributed by atoms with Gasteiger partial charge in [0.1, 0.15) is 10.9 Å². The van der Waals surface area contributed by atoms with Crippen molar-refractivity contribution in [3.8, 4) is 11.6 Å². The molecule has 4 nitrogen and oxygen atoms in total. The highest BCUT2D eigenvalue weighted by Crippen LogP contribution is 2.24. The van der Waals surface area contributed by atoms with E-state index in [-0.39, 0.29) is 11.1 Å². The van der Waals surface area contributed by atoms with Gasteiger partial charge in [-0.2, -0.15) is 4.98 Å². The van der Waals surface area contributed by atoms with Crippen molar-refractivity contribution in [1.29, 1.82) is 0 Å². The molecule has 2 N–H and O–H groups in total. The number of halogens is 1. The van der Waals surface area contributed by atoms with Crippen LogP contribution in [0.1, 0.15) is 5.56 Å². The van der Waals surface area contributed by atoms with E-state index in [1.54, 1.807) is 0 Å². The number of hydrogen-bond acceptors (Lipinski definition) is 4. The van der Waals surface area contributed by atoms with Crippen molar-refractivity contribution in [2.24, 2.45) is 0 Å². The molecule has 0 saturated carbocycles. The standard InChI is InChI=1S/C11H10ClN3O/c1-7-4-2-3-5-8(7)16-10-6-9(12)14-11(13)15-10/h2-6H,1H3,(H2,13,14,15). The summed E-state index contributed by atoms with van der Waals surface area (Å²) in [6.07, 6.45) is 0. The van der Waals surface area contributed by atoms with Crippen LogP contribution in [0.5, 0.6) is 11.6 Å². The average molecular weight is 236 g/mol. The summed E-state index contributed by atoms with van der Waals surface area (Å²) < 4.78 is 5.56. The fraction of sp³-hybridized carbons (Fsp3) is 0.0909. The molecule has 0 amide bonds. The van der Waals surface area contributed by atoms with Gasteiger partial charge in [0.15, 0.2) is 0 Å². The number of nitrogen functional groups attached to an aromatic ring is 1. The molecule has 82 valence electrons. The summed E-state index contributed by atoms with van der Waals surface area (Å²) in [6, 6.07) is 9.13. The lowest BCUT2D eigenvalue weighted by Gasteiger charge is -2.07. The maximum Gasteiger partial charge on any atom is 0.225 e. The topological polar surface area (TPSA) is 61.0 Å². The molecule has 0 aliphatic heterocycles. The molecule has 0 atom stereocenters. The minimum absolute atomic E-state index is 0.0936. The molecule has 0 aliphatic rings. The molecule has 2 rings (SSSR count). The fourth-order valence-electron chi connectivity index (χ4n) is 1.25. The Morgan fingerprint density at radius 1 is 1.25 bits per heavy atom. The van der Waals surface area contributed by atoms with Gasteiger partial charge in [-0.15, -0.1) is 0 Å². The summed E-state index contributed by atoms with van der Waals surface area (Å²) in [7, 11) is 0. The van der Waals surface area contributed by atoms with Crippen LogP contribution in [-0.4, -0.2) is 9.97 Å². The quantitative estimate of drug-likeness (QED) is 0.813. The smallest absolute Gasteiger partial charge is 0.225 e. The van der Waals surface area contributed by atoms with Crippen molar-refractivity contribution in [2.75, 3.05) is 5.73 Å². The molecule has 16 heavy (non-hydrogen) atoms. The lowest BCUT2D eigenvalue weighted by molar-refractivity contribution is 0.459. The zero-order valence-corrected chi connectivity index (χ0v) is 9.40. The number of hydrogen-bond donors (Lipinski definition) is 1. The van der Waals surface area contributed by atoms with Crippen LogP contribution < -0.4 is 10.5 Å². The van der Waals surface area contributed by atoms with E-state index in [1.165, 1.54) is 6.07 Å². The Balaban J connectivity index is 2.30. The monoisotopic (exact) mass is 235 g/mol. The number of aromatic nitrogens is 2. The van der Waals surface area contributed by atoms with E-state index in [4.69, 9.17) is 22.1 Å². The van der Waals surface area contributed by atoms with Crippen LogP contribution in [-0.2, 0) is 0 Å². The molecule has 5 heteroatoms. The SMILES string of the molecule is Cc1ccccc1Oc1cc(Cl)nc(N)n1. The first-order chi connectivity index (χ1) is 7.65. The van der Waals surface area contributed by atoms with Crippen molar-refractivity contribution in [2.45, 2.75) is 6.92 Å². The molecule has 0 saturated heterocycles. The number of aryl methyl sites for hydroxylation is 1. The third-order valence-electron chi connectivity index (χ3n) is 2.00. The third kappa shape index (κ3) is 2.41. The lowest BCUT2D eigenvalue weighted by atomic mass is 10.2. The highest BCUT2D eigenvalue weighted by molar-refractivity contribution is 6.29. The summed E-state index contributed by atoms with van der Waals surface area (Å²) in [5.74, 6) is 1.15. The number of anilines is 1. The number of ether oxygens (including phenoxy) is 1. The molecule has 0 spiro atoms. The summed E-state index contributed by atoms with van der Waals surface area (Å²) in [4.78, 5) is 7.68. The lowest BCUT2D eigenvalue weighted by Crippen LogP contribution is -1.97. The highest BCUT2D eigenvalue weighted by Gasteiger charge is 2.04. The number of para-hydroxylation sites is 1. The minimum Gasteiger partial charge on any atom is -0.439 e. The Labute approximate surface area is 98.0 Å². The molecule has 1 aromatic heterocycles. The maximum atomic E-state index is 5.75. The van der Waals surface area contributed by atoms with Crippen LogP contribution in [0.25, 0.3) is 0 Å². The van der Waals surface area contributed by atoms with E-state index in [1.807, 2.05) is 31.2 Å². The molecule has 1 aromatic carbocycles. The first-order valence-corrected chi connectivity index (χ1v) is 5.06. The number of nitrogens with zero attached hydrogens (tertiary/aromatic N) is 2. The molecule has 1 heterocycles. The van der Waals surface area contributed by atoms with Gasteiger partial charge in [0.25, 0.3) is 0 Å². The average Bonchev–Trinajstić information content (AvgIpc) is 2.20. The molecule has 0 fully saturated rings. The largest absolute Gasteiger partial charge is 0.439 e. The summed E-state index contributed by atoms with van der Waals surface area (Å²) >= 11 is 5.75. The van der Waals surface area contributed by atoms with Crippen LogP contribution in [0.2, 0.25) is 5.15 Å². The minimum atomic E-state index is 0.0936. The van der Waals surface area contributed by atoms with Gasteiger partial charge in [-0.25, -0.2) is 4.98 Å². The Morgan fingerprint density at radius 3 is 2.69 bits per heavy atom. The Morgan fingerprint density at radius 2 is 2.00 bits per heavy atom. The van der Waals surface area contributed by atoms with Gasteiger partial charge >= 0.3 is 0 Å². The van der Waals surface area contributed by atoms with Gasteiger partial charge in [0, 0.05) is 6.07 Å². The van der Waals surface area contributed by atoms with Crippen molar-refractivity contribution in [1.82, 2.24) is 9.97 Å². The van der Waals surface area contributed by atoms with E-state index < -0.39 is 0 Å². The first-order valence-electron chi connectivity index (χ1n) is 4.69. The number of benzene rings is 1. The Kier molecular flexibility index (Phi) is 2.92. The second-order valence-electron chi connectivity index (χ2n) is 3.25. The van der Waals surface area contributed by atoms with Crippen molar-refractivity contribution in [3.63, 3.8) is 0 Å². The molecule has 0 aliphatic carbocycles. The van der Waals surface area contributed by atoms with Crippen LogP contribution in [0, 0.1) is 6.92 Å². The third-order valence-corrected chi connectivity index (χ3v) is 2.19. The second kappa shape index (κ2) is 4.37. The van der Waals surface area contributed by atoms with Gasteiger partial charge in [-0.1, -0.05) is 29.8 Å². The molecule has 0 bridgehead atoms. The summed E-state index contributed by atoms with van der Waals surface area (Å²) in [5.41, 5.74) is 6.47. The van der Waals surface area contributed by atoms with Crippen molar-refractivity contribution >= 4 is 17.5 Å². The molecular formula is C11H10ClN3O. The van der Waals surface area contributed by atoms with Crippen molar-refractivity contribution < 1.29 is 4.74 Å². The first kappa shape index (κ1) is 10.7. The van der Waals surface area contributed by atoms with E-state index >= 15 is 0 Å². The Bertz CT molecular complexity index is 496. The van der Waals surface area contributed by atoms with Crippen LogP contribution >= 0.6 is 11.6 Å². The van der Waals surface area contributed by atoms with Crippen LogP contribution in [0.15, 0.2) is 30.3 Å². The molecular weight excluding hydrogens is 226 g/mol. The van der Waals surface area contributed by atoms with Gasteiger partial charge in [0.2, 0.25) is 11.8 Å². The van der Waals surface area contributed by atoms with Gasteiger partial charge in [-0.05, 0) is 18.6 Å². The van der Waals surface area contributed by atoms with E-state index in [2.05, 4.69) is 9.97 Å². The van der Waals surface area contributed by atoms with Gasteiger partial charge in [-0.3, -0.25) is 0 Å². The highest BCUT2D eigenvalue weighted by atomic mass is 35.5. The molecule has 0 radical (unpaired) electrons. The van der Waals surface area contributed by atoms with Gasteiger partial charge < -0.3 is 10.5 Å². The normalized spacial score (nSPS) is 10.1. The van der Waals surface area contributed by atoms with E-state index in [0.29, 0.717) is 5.88 Å². The van der Waals surface area contributed by atoms with Gasteiger partial charge in [0.05, 0.1) is 0 Å². The van der Waals surface area contributed by atoms with E-state index in [9.17, 15) is 0 Å². The van der Waals surface area contributed by atoms with Crippen molar-refractivity contribution in [3.05, 3.63) is 41.0 Å². The van der Waals surface area contributed by atoms with Crippen LogP contribution in [0.4, 0.5) is 5.95 Å². The zero-order chi connectivity index (χ0) is 11.5. The number of rotatable bonds is 2. The van der Waals surface area contributed by atoms with E-state index in [0.717, 1.165) is 11.3 Å². The number of nitrogens with two attached hydrogens (primary N) is 1. The second-order valence-corrected chi connectivity index (χ2v) is 3.64. The maximum absolute atomic E-state index is 5.75. The zero-order valence-electron chi connectivity index (χ0n) is 8.64. The summed E-state index contributed by atoms with van der Waals surface area (Å²) in [5, 5.41) is 0.260. The van der Waals surface area contributed by atoms with Crippen LogP contribution in [0.3, 0.4) is 0 Å². The fourth-order valence-corrected chi connectivity index (χ4v) is 1.43. The molecule has 0 unspecified atom stereocenters.